The Kier molecular flexibility index (Phi) is 5.37. The Hall–Kier alpha value is -6.00. The Labute approximate surface area is 267 Å². The van der Waals surface area contributed by atoms with E-state index in [-0.39, 0.29) is 6.92 Å². The minimum atomic E-state index is -0.269. The van der Waals surface area contributed by atoms with Crippen molar-refractivity contribution >= 4 is 39.6 Å². The molecule has 0 fully saturated rings. The number of rotatable bonds is 3. The highest BCUT2D eigenvalue weighted by Gasteiger charge is 2.41. The standard InChI is InChI=1S/C42H26BNO2/c1-2-12-27(13-3-1)30-14-4-5-15-31(30)28-22-23-34-35-25-29(44-37-19-9-6-16-32(37)33-17-7-10-20-38(33)44)26-41-42(35)43(46-40(34)24-28)36-18-8-11-21-39(36)45-41/h1-26H. The van der Waals surface area contributed by atoms with Gasteiger partial charge in [0.2, 0.25) is 0 Å². The summed E-state index contributed by atoms with van der Waals surface area (Å²) in [4.78, 5) is 0. The predicted molar refractivity (Wildman–Crippen MR) is 189 cm³/mol. The van der Waals surface area contributed by atoms with Gasteiger partial charge in [-0.1, -0.05) is 121 Å². The van der Waals surface area contributed by atoms with Crippen LogP contribution in [0.15, 0.2) is 158 Å². The highest BCUT2D eigenvalue weighted by molar-refractivity contribution is 6.84. The largest absolute Gasteiger partial charge is 0.551 e. The molecule has 0 N–H and O–H groups in total. The molecule has 0 spiro atoms. The molecule has 10 rings (SSSR count). The summed E-state index contributed by atoms with van der Waals surface area (Å²) in [6.07, 6.45) is 0. The number of benzene rings is 7. The normalized spacial score (nSPS) is 12.7. The summed E-state index contributed by atoms with van der Waals surface area (Å²) in [5, 5.41) is 2.47. The van der Waals surface area contributed by atoms with Crippen molar-refractivity contribution in [3.05, 3.63) is 158 Å². The summed E-state index contributed by atoms with van der Waals surface area (Å²) in [6.45, 7) is -0.269. The zero-order valence-corrected chi connectivity index (χ0v) is 24.9. The number of ether oxygens (including phenoxy) is 1. The van der Waals surface area contributed by atoms with E-state index in [4.69, 9.17) is 9.39 Å². The minimum Gasteiger partial charge on any atom is -0.551 e. The Morgan fingerprint density at radius 1 is 0.435 bits per heavy atom. The first-order valence-electron chi connectivity index (χ1n) is 15.7. The van der Waals surface area contributed by atoms with Crippen LogP contribution in [-0.4, -0.2) is 11.5 Å². The molecule has 3 nitrogen and oxygen atoms in total. The van der Waals surface area contributed by atoms with Crippen LogP contribution >= 0.6 is 0 Å². The van der Waals surface area contributed by atoms with Crippen molar-refractivity contribution in [2.45, 2.75) is 0 Å². The van der Waals surface area contributed by atoms with Gasteiger partial charge in [0.25, 0.3) is 0 Å². The van der Waals surface area contributed by atoms with Crippen molar-refractivity contribution < 1.29 is 9.39 Å². The van der Waals surface area contributed by atoms with Gasteiger partial charge in [-0.15, -0.1) is 0 Å². The molecule has 214 valence electrons. The van der Waals surface area contributed by atoms with Gasteiger partial charge in [0.1, 0.15) is 17.2 Å². The number of hydrogen-bond acceptors (Lipinski definition) is 2. The molecule has 2 aliphatic rings. The fourth-order valence-electron chi connectivity index (χ4n) is 7.45. The lowest BCUT2D eigenvalue weighted by atomic mass is 9.51. The maximum Gasteiger partial charge on any atom is 0.434 e. The average molecular weight is 587 g/mol. The van der Waals surface area contributed by atoms with Gasteiger partial charge in [0.05, 0.1) is 16.7 Å². The van der Waals surface area contributed by atoms with E-state index in [1.54, 1.807) is 0 Å². The van der Waals surface area contributed by atoms with Crippen molar-refractivity contribution in [3.8, 4) is 56.3 Å². The minimum absolute atomic E-state index is 0.269. The second-order valence-corrected chi connectivity index (χ2v) is 12.0. The van der Waals surface area contributed by atoms with Crippen LogP contribution < -0.4 is 20.3 Å². The molecule has 0 saturated heterocycles. The molecule has 0 bridgehead atoms. The van der Waals surface area contributed by atoms with Gasteiger partial charge in [-0.3, -0.25) is 0 Å². The lowest BCUT2D eigenvalue weighted by Gasteiger charge is -2.33. The van der Waals surface area contributed by atoms with E-state index in [1.165, 1.54) is 38.5 Å². The summed E-state index contributed by atoms with van der Waals surface area (Å²) in [5.41, 5.74) is 12.4. The van der Waals surface area contributed by atoms with Gasteiger partial charge in [-0.25, -0.2) is 0 Å². The molecule has 8 aromatic rings. The third kappa shape index (κ3) is 3.67. The zero-order chi connectivity index (χ0) is 30.2. The van der Waals surface area contributed by atoms with Gasteiger partial charge in [0.15, 0.2) is 0 Å². The molecule has 2 aliphatic heterocycles. The second-order valence-electron chi connectivity index (χ2n) is 12.0. The van der Waals surface area contributed by atoms with Crippen LogP contribution in [0.4, 0.5) is 0 Å². The van der Waals surface area contributed by atoms with E-state index in [1.807, 2.05) is 12.1 Å². The van der Waals surface area contributed by atoms with Crippen LogP contribution in [0.5, 0.6) is 17.2 Å². The van der Waals surface area contributed by atoms with Crippen LogP contribution in [0.2, 0.25) is 0 Å². The maximum absolute atomic E-state index is 6.96. The fraction of sp³-hybridized carbons (Fsp3) is 0. The Morgan fingerprint density at radius 2 is 1.09 bits per heavy atom. The fourth-order valence-corrected chi connectivity index (χ4v) is 7.45. The molecule has 0 unspecified atom stereocenters. The van der Waals surface area contributed by atoms with Crippen LogP contribution in [-0.2, 0) is 0 Å². The van der Waals surface area contributed by atoms with Gasteiger partial charge in [-0.05, 0) is 58.1 Å². The van der Waals surface area contributed by atoms with E-state index in [0.717, 1.165) is 50.6 Å². The third-order valence-electron chi connectivity index (χ3n) is 9.49. The lowest BCUT2D eigenvalue weighted by molar-refractivity contribution is 0.479. The van der Waals surface area contributed by atoms with Gasteiger partial charge in [0, 0.05) is 33.3 Å². The highest BCUT2D eigenvalue weighted by Crippen LogP contribution is 2.44. The first-order valence-corrected chi connectivity index (χ1v) is 15.7. The summed E-state index contributed by atoms with van der Waals surface area (Å²) >= 11 is 0. The summed E-state index contributed by atoms with van der Waals surface area (Å²) in [5.74, 6) is 2.54. The molecule has 0 atom stereocenters. The van der Waals surface area contributed by atoms with Crippen LogP contribution in [0.1, 0.15) is 0 Å². The smallest absolute Gasteiger partial charge is 0.434 e. The summed E-state index contributed by atoms with van der Waals surface area (Å²) in [7, 11) is 0. The first kappa shape index (κ1) is 25.3. The van der Waals surface area contributed by atoms with Crippen molar-refractivity contribution in [3.63, 3.8) is 0 Å². The Bertz CT molecular complexity index is 2440. The number of para-hydroxylation sites is 3. The van der Waals surface area contributed by atoms with E-state index >= 15 is 0 Å². The SMILES string of the molecule is c1ccc(-c2ccccc2-c2ccc3c(c2)OB2c4ccccc4Oc4cc(-n5c6ccccc6c6ccccc65)cc-3c42)cc1. The molecule has 4 heteroatoms. The van der Waals surface area contributed by atoms with Crippen LogP contribution in [0.25, 0.3) is 60.9 Å². The average Bonchev–Trinajstić information content (AvgIpc) is 3.46. The molecule has 0 amide bonds. The van der Waals surface area contributed by atoms with Gasteiger partial charge >= 0.3 is 6.92 Å². The molecular weight excluding hydrogens is 561 g/mol. The predicted octanol–water partition coefficient (Wildman–Crippen LogP) is 9.39. The molecular formula is C42H26BNO2. The summed E-state index contributed by atoms with van der Waals surface area (Å²) < 4.78 is 16.0. The monoisotopic (exact) mass is 587 g/mol. The van der Waals surface area contributed by atoms with Crippen molar-refractivity contribution in [1.82, 2.24) is 4.57 Å². The Morgan fingerprint density at radius 3 is 1.87 bits per heavy atom. The quantitative estimate of drug-likeness (QED) is 0.192. The second kappa shape index (κ2) is 9.75. The van der Waals surface area contributed by atoms with Crippen LogP contribution in [0.3, 0.4) is 0 Å². The van der Waals surface area contributed by atoms with Crippen molar-refractivity contribution in [1.29, 1.82) is 0 Å². The number of aromatic nitrogens is 1. The summed E-state index contributed by atoms with van der Waals surface area (Å²) in [6, 6.07) is 55.8. The molecule has 0 saturated carbocycles. The van der Waals surface area contributed by atoms with Gasteiger partial charge in [-0.2, -0.15) is 0 Å². The molecule has 3 heterocycles. The van der Waals surface area contributed by atoms with E-state index < -0.39 is 0 Å². The zero-order valence-electron chi connectivity index (χ0n) is 24.9. The van der Waals surface area contributed by atoms with Crippen molar-refractivity contribution in [2.75, 3.05) is 0 Å². The number of fused-ring (bicyclic) bond motifs is 7. The Balaban J connectivity index is 1.22. The highest BCUT2D eigenvalue weighted by atomic mass is 16.5. The first-order chi connectivity index (χ1) is 22.8. The third-order valence-corrected chi connectivity index (χ3v) is 9.49. The van der Waals surface area contributed by atoms with E-state index in [0.29, 0.717) is 0 Å². The van der Waals surface area contributed by atoms with Crippen molar-refractivity contribution in [2.24, 2.45) is 0 Å². The van der Waals surface area contributed by atoms with Crippen LogP contribution in [0, 0.1) is 0 Å². The molecule has 1 aromatic heterocycles. The van der Waals surface area contributed by atoms with Gasteiger partial charge < -0.3 is 14.0 Å². The topological polar surface area (TPSA) is 23.4 Å². The maximum atomic E-state index is 6.96. The lowest BCUT2D eigenvalue weighted by Crippen LogP contribution is -2.53. The molecule has 0 radical (unpaired) electrons. The number of hydrogen-bond donors (Lipinski definition) is 0. The molecule has 0 aliphatic carbocycles. The molecule has 46 heavy (non-hydrogen) atoms. The van der Waals surface area contributed by atoms with E-state index in [9.17, 15) is 0 Å². The number of nitrogens with zero attached hydrogens (tertiary/aromatic N) is 1. The van der Waals surface area contributed by atoms with E-state index in [2.05, 4.69) is 150 Å². The molecule has 7 aromatic carbocycles.